The fraction of sp³-hybridized carbons (Fsp3) is 0.400. The lowest BCUT2D eigenvalue weighted by Crippen LogP contribution is -2.39. The van der Waals surface area contributed by atoms with Crippen LogP contribution in [-0.4, -0.2) is 36.1 Å². The third kappa shape index (κ3) is 3.23. The Balaban J connectivity index is 0.000000124. The lowest BCUT2D eigenvalue weighted by molar-refractivity contribution is 0.534. The van der Waals surface area contributed by atoms with Crippen molar-refractivity contribution in [3.8, 4) is 0 Å². The maximum Gasteiger partial charge on any atom is 0.126 e. The lowest BCUT2D eigenvalue weighted by Gasteiger charge is -2.11. The maximum absolute atomic E-state index is 4.05. The molecule has 0 radical (unpaired) electrons. The molecule has 1 aliphatic rings. The number of nitrogens with zero attached hydrogens (tertiary/aromatic N) is 2. The van der Waals surface area contributed by atoms with Crippen molar-refractivity contribution >= 4 is 21.6 Å². The van der Waals surface area contributed by atoms with Crippen LogP contribution in [0.5, 0.6) is 0 Å². The number of aromatic nitrogens is 2. The molecular weight excluding hydrogens is 208 g/mol. The van der Waals surface area contributed by atoms with E-state index in [1.165, 1.54) is 0 Å². The SMILES string of the molecule is C1CNCCN1.c1ncc2ccsc2n1. The minimum atomic E-state index is 1.06. The molecule has 0 amide bonds. The maximum atomic E-state index is 4.05. The fourth-order valence-corrected chi connectivity index (χ4v) is 2.03. The third-order valence-corrected chi connectivity index (χ3v) is 2.92. The van der Waals surface area contributed by atoms with E-state index in [0.717, 1.165) is 36.4 Å². The molecule has 80 valence electrons. The second-order valence-electron chi connectivity index (χ2n) is 3.20. The monoisotopic (exact) mass is 222 g/mol. The topological polar surface area (TPSA) is 49.8 Å². The molecule has 0 aliphatic carbocycles. The molecule has 0 aromatic carbocycles. The average Bonchev–Trinajstić information content (AvgIpc) is 2.80. The second kappa shape index (κ2) is 5.75. The van der Waals surface area contributed by atoms with Crippen LogP contribution in [0, 0.1) is 0 Å². The van der Waals surface area contributed by atoms with Gasteiger partial charge < -0.3 is 10.6 Å². The molecule has 5 heteroatoms. The molecule has 2 aromatic heterocycles. The first-order chi connectivity index (χ1) is 7.47. The van der Waals surface area contributed by atoms with Crippen molar-refractivity contribution in [2.45, 2.75) is 0 Å². The number of fused-ring (bicyclic) bond motifs is 1. The molecule has 2 aromatic rings. The standard InChI is InChI=1S/C6H4N2S.C4H10N2/c1-2-9-6-5(1)3-7-4-8-6;1-2-6-4-3-5-1/h1-4H;5-6H,1-4H2. The fourth-order valence-electron chi connectivity index (χ4n) is 1.32. The van der Waals surface area contributed by atoms with Gasteiger partial charge in [0.2, 0.25) is 0 Å². The summed E-state index contributed by atoms with van der Waals surface area (Å²) < 4.78 is 0. The minimum Gasteiger partial charge on any atom is -0.314 e. The minimum absolute atomic E-state index is 1.06. The van der Waals surface area contributed by atoms with Gasteiger partial charge in [0.25, 0.3) is 0 Å². The number of thiophene rings is 1. The number of rotatable bonds is 0. The predicted molar refractivity (Wildman–Crippen MR) is 63.2 cm³/mol. The first-order valence-corrected chi connectivity index (χ1v) is 5.89. The lowest BCUT2D eigenvalue weighted by atomic mass is 10.4. The number of hydrogen-bond donors (Lipinski definition) is 2. The van der Waals surface area contributed by atoms with Crippen LogP contribution in [0.3, 0.4) is 0 Å². The molecule has 0 atom stereocenters. The zero-order valence-electron chi connectivity index (χ0n) is 8.44. The quantitative estimate of drug-likeness (QED) is 0.694. The summed E-state index contributed by atoms with van der Waals surface area (Å²) in [5, 5.41) is 9.59. The van der Waals surface area contributed by atoms with Gasteiger partial charge in [0.15, 0.2) is 0 Å². The largest absolute Gasteiger partial charge is 0.314 e. The van der Waals surface area contributed by atoms with Gasteiger partial charge in [0.05, 0.1) is 0 Å². The van der Waals surface area contributed by atoms with Crippen molar-refractivity contribution in [1.82, 2.24) is 20.6 Å². The molecule has 15 heavy (non-hydrogen) atoms. The van der Waals surface area contributed by atoms with Crippen LogP contribution < -0.4 is 10.6 Å². The Morgan fingerprint density at radius 3 is 2.47 bits per heavy atom. The van der Waals surface area contributed by atoms with Gasteiger partial charge in [-0.2, -0.15) is 0 Å². The summed E-state index contributed by atoms with van der Waals surface area (Å²) >= 11 is 1.64. The summed E-state index contributed by atoms with van der Waals surface area (Å²) in [5.74, 6) is 0. The molecule has 0 spiro atoms. The van der Waals surface area contributed by atoms with Gasteiger partial charge in [0, 0.05) is 37.8 Å². The summed E-state index contributed by atoms with van der Waals surface area (Å²) in [6, 6.07) is 2.01. The van der Waals surface area contributed by atoms with Crippen molar-refractivity contribution in [2.24, 2.45) is 0 Å². The Kier molecular flexibility index (Phi) is 4.01. The molecule has 3 heterocycles. The van der Waals surface area contributed by atoms with E-state index in [9.17, 15) is 0 Å². The molecule has 0 bridgehead atoms. The van der Waals surface area contributed by atoms with Gasteiger partial charge in [-0.25, -0.2) is 9.97 Å². The number of hydrogen-bond acceptors (Lipinski definition) is 5. The summed E-state index contributed by atoms with van der Waals surface area (Å²) in [6.45, 7) is 4.56. The highest BCUT2D eigenvalue weighted by molar-refractivity contribution is 7.16. The molecule has 1 aliphatic heterocycles. The van der Waals surface area contributed by atoms with Crippen LogP contribution in [-0.2, 0) is 0 Å². The van der Waals surface area contributed by atoms with E-state index >= 15 is 0 Å². The highest BCUT2D eigenvalue weighted by atomic mass is 32.1. The molecular formula is C10H14N4S. The number of piperazine rings is 1. The first-order valence-electron chi connectivity index (χ1n) is 5.01. The van der Waals surface area contributed by atoms with Crippen molar-refractivity contribution in [3.63, 3.8) is 0 Å². The van der Waals surface area contributed by atoms with Crippen LogP contribution in [0.2, 0.25) is 0 Å². The van der Waals surface area contributed by atoms with Crippen molar-refractivity contribution in [3.05, 3.63) is 24.0 Å². The van der Waals surface area contributed by atoms with Crippen LogP contribution in [0.1, 0.15) is 0 Å². The van der Waals surface area contributed by atoms with Gasteiger partial charge in [0.1, 0.15) is 11.2 Å². The molecule has 0 saturated carbocycles. The van der Waals surface area contributed by atoms with Gasteiger partial charge in [-0.05, 0) is 11.4 Å². The predicted octanol–water partition coefficient (Wildman–Crippen LogP) is 0.870. The highest BCUT2D eigenvalue weighted by Crippen LogP contribution is 2.14. The van der Waals surface area contributed by atoms with Crippen molar-refractivity contribution in [2.75, 3.05) is 26.2 Å². The Morgan fingerprint density at radius 1 is 1.13 bits per heavy atom. The Hall–Kier alpha value is -1.04. The molecule has 4 nitrogen and oxygen atoms in total. The molecule has 1 fully saturated rings. The van der Waals surface area contributed by atoms with E-state index < -0.39 is 0 Å². The summed E-state index contributed by atoms with van der Waals surface area (Å²) in [7, 11) is 0. The van der Waals surface area contributed by atoms with Gasteiger partial charge >= 0.3 is 0 Å². The molecule has 2 N–H and O–H groups in total. The van der Waals surface area contributed by atoms with Gasteiger partial charge in [-0.3, -0.25) is 0 Å². The molecule has 1 saturated heterocycles. The van der Waals surface area contributed by atoms with E-state index in [1.807, 2.05) is 17.6 Å². The second-order valence-corrected chi connectivity index (χ2v) is 4.10. The average molecular weight is 222 g/mol. The molecule has 3 rings (SSSR count). The van der Waals surface area contributed by atoms with Gasteiger partial charge in [-0.1, -0.05) is 0 Å². The number of nitrogens with one attached hydrogen (secondary N) is 2. The zero-order chi connectivity index (χ0) is 10.3. The summed E-state index contributed by atoms with van der Waals surface area (Å²) in [4.78, 5) is 8.99. The van der Waals surface area contributed by atoms with Crippen LogP contribution in [0.4, 0.5) is 0 Å². The van der Waals surface area contributed by atoms with E-state index in [4.69, 9.17) is 0 Å². The Labute approximate surface area is 92.8 Å². The van der Waals surface area contributed by atoms with Crippen LogP contribution in [0.15, 0.2) is 24.0 Å². The van der Waals surface area contributed by atoms with E-state index in [2.05, 4.69) is 20.6 Å². The van der Waals surface area contributed by atoms with E-state index in [0.29, 0.717) is 0 Å². The van der Waals surface area contributed by atoms with E-state index in [1.54, 1.807) is 17.7 Å². The Bertz CT molecular complexity index is 355. The molecule has 0 unspecified atom stereocenters. The van der Waals surface area contributed by atoms with Crippen LogP contribution in [0.25, 0.3) is 10.2 Å². The highest BCUT2D eigenvalue weighted by Gasteiger charge is 1.91. The smallest absolute Gasteiger partial charge is 0.126 e. The summed E-state index contributed by atoms with van der Waals surface area (Å²) in [5.41, 5.74) is 0. The summed E-state index contributed by atoms with van der Waals surface area (Å²) in [6.07, 6.45) is 3.39. The first kappa shape index (κ1) is 10.5. The Morgan fingerprint density at radius 2 is 1.87 bits per heavy atom. The normalized spacial score (nSPS) is 15.7. The van der Waals surface area contributed by atoms with Crippen molar-refractivity contribution in [1.29, 1.82) is 0 Å². The van der Waals surface area contributed by atoms with Crippen molar-refractivity contribution < 1.29 is 0 Å². The zero-order valence-corrected chi connectivity index (χ0v) is 9.26. The third-order valence-electron chi connectivity index (χ3n) is 2.09. The van der Waals surface area contributed by atoms with E-state index in [-0.39, 0.29) is 0 Å². The van der Waals surface area contributed by atoms with Gasteiger partial charge in [-0.15, -0.1) is 11.3 Å². The van der Waals surface area contributed by atoms with Crippen LogP contribution >= 0.6 is 11.3 Å².